The molecule has 4 aromatic heterocycles. The molecule has 1 N–H and O–H groups in total. The summed E-state index contributed by atoms with van der Waals surface area (Å²) < 4.78 is 52.6. The lowest BCUT2D eigenvalue weighted by molar-refractivity contribution is -0.137. The van der Waals surface area contributed by atoms with Crippen molar-refractivity contribution < 1.29 is 27.4 Å². The lowest BCUT2D eigenvalue weighted by Gasteiger charge is -2.18. The van der Waals surface area contributed by atoms with Crippen LogP contribution in [0, 0.1) is 0 Å². The van der Waals surface area contributed by atoms with Crippen LogP contribution in [0.15, 0.2) is 49.2 Å². The van der Waals surface area contributed by atoms with Gasteiger partial charge in [0.15, 0.2) is 11.5 Å². The third kappa shape index (κ3) is 5.46. The molecule has 0 aliphatic rings. The number of anilines is 1. The molecule has 0 bridgehead atoms. The van der Waals surface area contributed by atoms with Crippen molar-refractivity contribution in [3.8, 4) is 11.7 Å². The van der Waals surface area contributed by atoms with Gasteiger partial charge in [0.25, 0.3) is 5.91 Å². The Morgan fingerprint density at radius 1 is 1.17 bits per heavy atom. The van der Waals surface area contributed by atoms with Gasteiger partial charge in [0.2, 0.25) is 12.0 Å². The Balaban J connectivity index is 1.66. The van der Waals surface area contributed by atoms with Gasteiger partial charge in [-0.3, -0.25) is 4.79 Å². The molecule has 4 aromatic rings. The summed E-state index contributed by atoms with van der Waals surface area (Å²) in [5.41, 5.74) is -0.982. The molecule has 10 nitrogen and oxygen atoms in total. The molecule has 182 valence electrons. The van der Waals surface area contributed by atoms with Crippen molar-refractivity contribution in [3.05, 3.63) is 59.8 Å². The van der Waals surface area contributed by atoms with Crippen molar-refractivity contribution in [2.45, 2.75) is 19.2 Å². The first-order valence-corrected chi connectivity index (χ1v) is 10.5. The number of hydrogen-bond acceptors (Lipinski definition) is 8. The van der Waals surface area contributed by atoms with Gasteiger partial charge >= 0.3 is 6.18 Å². The molecule has 1 unspecified atom stereocenters. The number of nitrogens with one attached hydrogen (secondary N) is 1. The van der Waals surface area contributed by atoms with E-state index in [4.69, 9.17) is 21.1 Å². The number of halogens is 4. The first kappa shape index (κ1) is 24.3. The summed E-state index contributed by atoms with van der Waals surface area (Å²) in [6.07, 6.45) is -0.938. The minimum absolute atomic E-state index is 0.00846. The van der Waals surface area contributed by atoms with E-state index < -0.39 is 29.6 Å². The zero-order valence-corrected chi connectivity index (χ0v) is 18.8. The molecule has 0 aliphatic heterocycles. The summed E-state index contributed by atoms with van der Waals surface area (Å²) in [4.78, 5) is 28.7. The average Bonchev–Trinajstić information content (AvgIpc) is 3.27. The number of amides is 1. The van der Waals surface area contributed by atoms with Crippen molar-refractivity contribution in [1.29, 1.82) is 0 Å². The molecule has 0 fully saturated rings. The SMILES string of the molecule is CCOCC(Oc1ncnc2c1cnn2-c1ncccc1C(F)(F)F)C(=O)Nc1ccc(Cl)cn1. The summed E-state index contributed by atoms with van der Waals surface area (Å²) in [7, 11) is 0. The van der Waals surface area contributed by atoms with Gasteiger partial charge in [0.05, 0.1) is 17.8 Å². The van der Waals surface area contributed by atoms with E-state index in [2.05, 4.69) is 30.4 Å². The predicted molar refractivity (Wildman–Crippen MR) is 118 cm³/mol. The topological polar surface area (TPSA) is 117 Å². The first-order chi connectivity index (χ1) is 16.8. The Kier molecular flexibility index (Phi) is 7.07. The average molecular weight is 508 g/mol. The van der Waals surface area contributed by atoms with Crippen LogP contribution in [0.5, 0.6) is 5.88 Å². The lowest BCUT2D eigenvalue weighted by atomic mass is 10.2. The molecule has 1 amide bonds. The molecular formula is C21H17ClF3N7O3. The molecule has 0 aromatic carbocycles. The lowest BCUT2D eigenvalue weighted by Crippen LogP contribution is -2.37. The molecule has 1 atom stereocenters. The molecule has 0 saturated heterocycles. The van der Waals surface area contributed by atoms with Gasteiger partial charge in [-0.05, 0) is 31.2 Å². The van der Waals surface area contributed by atoms with Crippen LogP contribution >= 0.6 is 11.6 Å². The van der Waals surface area contributed by atoms with E-state index in [9.17, 15) is 18.0 Å². The Bertz CT molecular complexity index is 1330. The minimum Gasteiger partial charge on any atom is -0.461 e. The van der Waals surface area contributed by atoms with Gasteiger partial charge in [-0.1, -0.05) is 11.6 Å². The van der Waals surface area contributed by atoms with Crippen LogP contribution in [0.25, 0.3) is 16.9 Å². The van der Waals surface area contributed by atoms with Crippen LogP contribution < -0.4 is 10.1 Å². The molecule has 0 radical (unpaired) electrons. The number of hydrogen-bond donors (Lipinski definition) is 1. The van der Waals surface area contributed by atoms with Gasteiger partial charge in [0, 0.05) is 19.0 Å². The van der Waals surface area contributed by atoms with Crippen LogP contribution in [0.1, 0.15) is 12.5 Å². The normalized spacial score (nSPS) is 12.5. The fraction of sp³-hybridized carbons (Fsp3) is 0.238. The summed E-state index contributed by atoms with van der Waals surface area (Å²) in [6, 6.07) is 5.13. The molecule has 14 heteroatoms. The van der Waals surface area contributed by atoms with Gasteiger partial charge in [-0.15, -0.1) is 0 Å². The summed E-state index contributed by atoms with van der Waals surface area (Å²) >= 11 is 5.81. The highest BCUT2D eigenvalue weighted by molar-refractivity contribution is 6.30. The molecule has 4 heterocycles. The highest BCUT2D eigenvalue weighted by Gasteiger charge is 2.35. The van der Waals surface area contributed by atoms with Crippen molar-refractivity contribution in [2.24, 2.45) is 0 Å². The molecule has 0 aliphatic carbocycles. The minimum atomic E-state index is -4.66. The second-order valence-corrected chi connectivity index (χ2v) is 7.40. The largest absolute Gasteiger partial charge is 0.461 e. The summed E-state index contributed by atoms with van der Waals surface area (Å²) in [6.45, 7) is 1.92. The number of fused-ring (bicyclic) bond motifs is 1. The Hall–Kier alpha value is -3.84. The Morgan fingerprint density at radius 2 is 2.00 bits per heavy atom. The van der Waals surface area contributed by atoms with Crippen molar-refractivity contribution in [2.75, 3.05) is 18.5 Å². The number of carbonyl (C=O) groups is 1. The maximum Gasteiger partial charge on any atom is 0.420 e. The monoisotopic (exact) mass is 507 g/mol. The smallest absolute Gasteiger partial charge is 0.420 e. The van der Waals surface area contributed by atoms with E-state index in [1.165, 1.54) is 30.7 Å². The number of alkyl halides is 3. The fourth-order valence-corrected chi connectivity index (χ4v) is 3.15. The zero-order chi connectivity index (χ0) is 25.0. The second kappa shape index (κ2) is 10.2. The van der Waals surface area contributed by atoms with E-state index in [1.807, 2.05) is 0 Å². The zero-order valence-electron chi connectivity index (χ0n) is 18.0. The second-order valence-electron chi connectivity index (χ2n) is 6.96. The number of ether oxygens (including phenoxy) is 2. The highest BCUT2D eigenvalue weighted by atomic mass is 35.5. The quantitative estimate of drug-likeness (QED) is 0.384. The molecule has 4 rings (SSSR count). The van der Waals surface area contributed by atoms with E-state index in [-0.39, 0.29) is 29.3 Å². The summed E-state index contributed by atoms with van der Waals surface area (Å²) in [5, 5.41) is 7.16. The van der Waals surface area contributed by atoms with E-state index in [0.717, 1.165) is 17.1 Å². The van der Waals surface area contributed by atoms with E-state index in [1.54, 1.807) is 13.0 Å². The Labute approximate surface area is 201 Å². The first-order valence-electron chi connectivity index (χ1n) is 10.2. The van der Waals surface area contributed by atoms with Crippen LogP contribution in [-0.2, 0) is 15.7 Å². The molecule has 0 spiro atoms. The number of carbonyl (C=O) groups excluding carboxylic acids is 1. The maximum absolute atomic E-state index is 13.5. The molecule has 0 saturated carbocycles. The van der Waals surface area contributed by atoms with Crippen LogP contribution in [0.4, 0.5) is 19.0 Å². The Morgan fingerprint density at radius 3 is 2.71 bits per heavy atom. The fourth-order valence-electron chi connectivity index (χ4n) is 3.04. The van der Waals surface area contributed by atoms with Crippen molar-refractivity contribution in [1.82, 2.24) is 29.7 Å². The van der Waals surface area contributed by atoms with Crippen molar-refractivity contribution >= 4 is 34.4 Å². The number of rotatable bonds is 8. The van der Waals surface area contributed by atoms with Crippen LogP contribution in [0.2, 0.25) is 5.02 Å². The number of pyridine rings is 2. The highest BCUT2D eigenvalue weighted by Crippen LogP contribution is 2.34. The third-order valence-corrected chi connectivity index (χ3v) is 4.84. The van der Waals surface area contributed by atoms with Gasteiger partial charge in [-0.2, -0.15) is 23.0 Å². The molecular weight excluding hydrogens is 491 g/mol. The third-order valence-electron chi connectivity index (χ3n) is 4.62. The van der Waals surface area contributed by atoms with E-state index in [0.29, 0.717) is 11.6 Å². The summed E-state index contributed by atoms with van der Waals surface area (Å²) in [5.74, 6) is -0.886. The number of aromatic nitrogens is 6. The van der Waals surface area contributed by atoms with Gasteiger partial charge in [-0.25, -0.2) is 19.9 Å². The molecule has 35 heavy (non-hydrogen) atoms. The van der Waals surface area contributed by atoms with Crippen LogP contribution in [-0.4, -0.2) is 54.9 Å². The van der Waals surface area contributed by atoms with Gasteiger partial charge < -0.3 is 14.8 Å². The van der Waals surface area contributed by atoms with Crippen molar-refractivity contribution in [3.63, 3.8) is 0 Å². The number of nitrogens with zero attached hydrogens (tertiary/aromatic N) is 6. The van der Waals surface area contributed by atoms with Crippen LogP contribution in [0.3, 0.4) is 0 Å². The standard InChI is InChI=1S/C21H17ClF3N7O3/c1-2-34-10-15(19(33)31-16-6-5-12(22)8-27-16)35-20-13-9-30-32(17(13)28-11-29-20)18-14(21(23,24)25)4-3-7-26-18/h3-9,11,15H,2,10H2,1H3,(H,27,31,33). The maximum atomic E-state index is 13.5. The van der Waals surface area contributed by atoms with Gasteiger partial charge in [0.1, 0.15) is 23.1 Å². The predicted octanol–water partition coefficient (Wildman–Crippen LogP) is 3.70. The van der Waals surface area contributed by atoms with E-state index >= 15 is 0 Å².